The third-order valence-corrected chi connectivity index (χ3v) is 3.47. The fraction of sp³-hybridized carbons (Fsp3) is 0.417. The van der Waals surface area contributed by atoms with E-state index in [1.165, 1.54) is 6.07 Å². The normalized spacial score (nSPS) is 23.1. The molecule has 0 radical (unpaired) electrons. The van der Waals surface area contributed by atoms with Crippen LogP contribution in [0.2, 0.25) is 0 Å². The van der Waals surface area contributed by atoms with Crippen LogP contribution in [0.15, 0.2) is 12.1 Å². The van der Waals surface area contributed by atoms with Crippen molar-refractivity contribution in [2.24, 2.45) is 0 Å². The van der Waals surface area contributed by atoms with Gasteiger partial charge in [0.1, 0.15) is 11.5 Å². The number of benzene rings is 1. The Kier molecular flexibility index (Phi) is 1.87. The Hall–Kier alpha value is -1.71. The number of nitrogens with zero attached hydrogens (tertiary/aromatic N) is 1. The summed E-state index contributed by atoms with van der Waals surface area (Å²) in [5, 5.41) is 19.2. The van der Waals surface area contributed by atoms with Crippen LogP contribution in [0.4, 0.5) is 5.69 Å². The molecule has 1 saturated heterocycles. The summed E-state index contributed by atoms with van der Waals surface area (Å²) in [5.74, 6) is -0.113. The van der Waals surface area contributed by atoms with E-state index in [9.17, 15) is 15.0 Å². The van der Waals surface area contributed by atoms with Crippen molar-refractivity contribution in [3.05, 3.63) is 17.7 Å². The molecular formula is C12H13NO3. The number of phenolic OH excluding ortho intramolecular Hbond substituents is 2. The molecule has 0 amide bonds. The van der Waals surface area contributed by atoms with Gasteiger partial charge in [-0.25, -0.2) is 0 Å². The van der Waals surface area contributed by atoms with E-state index < -0.39 is 0 Å². The molecule has 2 N–H and O–H groups in total. The molecule has 4 heteroatoms. The number of ketones is 1. The van der Waals surface area contributed by atoms with Crippen molar-refractivity contribution in [2.75, 3.05) is 11.4 Å². The highest BCUT2D eigenvalue weighted by Crippen LogP contribution is 2.42. The number of phenols is 2. The fourth-order valence-corrected chi connectivity index (χ4v) is 2.79. The van der Waals surface area contributed by atoms with E-state index in [2.05, 4.69) is 4.90 Å². The molecule has 1 fully saturated rings. The standard InChI is InChI=1S/C12H13NO3/c14-8-5-9-12(11(16)6-8)10(15)4-7-2-1-3-13(7)9/h5-7,14,16H,1-4H2. The van der Waals surface area contributed by atoms with Crippen LogP contribution in [0.25, 0.3) is 0 Å². The van der Waals surface area contributed by atoms with Gasteiger partial charge < -0.3 is 15.1 Å². The Morgan fingerprint density at radius 1 is 1.31 bits per heavy atom. The van der Waals surface area contributed by atoms with Crippen LogP contribution in [-0.2, 0) is 0 Å². The van der Waals surface area contributed by atoms with Crippen LogP contribution in [0.5, 0.6) is 11.5 Å². The first-order valence-electron chi connectivity index (χ1n) is 5.52. The van der Waals surface area contributed by atoms with E-state index in [1.807, 2.05) is 0 Å². The minimum atomic E-state index is -0.106. The minimum absolute atomic E-state index is 0.0107. The summed E-state index contributed by atoms with van der Waals surface area (Å²) in [5.41, 5.74) is 1.06. The molecule has 2 aliphatic heterocycles. The molecule has 3 rings (SSSR count). The van der Waals surface area contributed by atoms with E-state index in [-0.39, 0.29) is 23.3 Å². The zero-order valence-electron chi connectivity index (χ0n) is 8.81. The second-order valence-electron chi connectivity index (χ2n) is 4.48. The summed E-state index contributed by atoms with van der Waals surface area (Å²) >= 11 is 0. The summed E-state index contributed by atoms with van der Waals surface area (Å²) in [6.45, 7) is 0.897. The summed E-state index contributed by atoms with van der Waals surface area (Å²) in [6, 6.07) is 3.05. The molecule has 1 aromatic carbocycles. The molecular weight excluding hydrogens is 206 g/mol. The van der Waals surface area contributed by atoms with Crippen molar-refractivity contribution in [1.29, 1.82) is 0 Å². The number of aromatic hydroxyl groups is 2. The lowest BCUT2D eigenvalue weighted by Crippen LogP contribution is -2.36. The molecule has 1 aromatic rings. The molecule has 4 nitrogen and oxygen atoms in total. The van der Waals surface area contributed by atoms with Crippen LogP contribution < -0.4 is 4.90 Å². The maximum absolute atomic E-state index is 11.9. The topological polar surface area (TPSA) is 60.8 Å². The van der Waals surface area contributed by atoms with Crippen LogP contribution >= 0.6 is 0 Å². The molecule has 16 heavy (non-hydrogen) atoms. The largest absolute Gasteiger partial charge is 0.508 e. The van der Waals surface area contributed by atoms with Crippen molar-refractivity contribution in [3.63, 3.8) is 0 Å². The van der Waals surface area contributed by atoms with Crippen molar-refractivity contribution < 1.29 is 15.0 Å². The third kappa shape index (κ3) is 1.19. The Labute approximate surface area is 93.1 Å². The van der Waals surface area contributed by atoms with Gasteiger partial charge in [-0.05, 0) is 12.8 Å². The average Bonchev–Trinajstić information content (AvgIpc) is 2.64. The van der Waals surface area contributed by atoms with E-state index in [0.29, 0.717) is 17.7 Å². The first-order valence-corrected chi connectivity index (χ1v) is 5.52. The first-order chi connectivity index (χ1) is 7.66. The lowest BCUT2D eigenvalue weighted by atomic mass is 9.94. The molecule has 1 unspecified atom stereocenters. The number of fused-ring (bicyclic) bond motifs is 3. The van der Waals surface area contributed by atoms with Crippen molar-refractivity contribution in [3.8, 4) is 11.5 Å². The highest BCUT2D eigenvalue weighted by Gasteiger charge is 2.36. The van der Waals surface area contributed by atoms with E-state index in [0.717, 1.165) is 19.4 Å². The molecule has 2 aliphatic rings. The highest BCUT2D eigenvalue weighted by atomic mass is 16.3. The minimum Gasteiger partial charge on any atom is -0.508 e. The summed E-state index contributed by atoms with van der Waals surface area (Å²) in [7, 11) is 0. The smallest absolute Gasteiger partial charge is 0.170 e. The average molecular weight is 219 g/mol. The molecule has 0 aromatic heterocycles. The maximum Gasteiger partial charge on any atom is 0.170 e. The predicted octanol–water partition coefficient (Wildman–Crippen LogP) is 1.65. The number of carbonyl (C=O) groups is 1. The zero-order chi connectivity index (χ0) is 11.3. The van der Waals surface area contributed by atoms with Crippen LogP contribution in [0.1, 0.15) is 29.6 Å². The van der Waals surface area contributed by atoms with Gasteiger partial charge in [0.05, 0.1) is 11.3 Å². The maximum atomic E-state index is 11.9. The molecule has 2 heterocycles. The van der Waals surface area contributed by atoms with Crippen LogP contribution in [-0.4, -0.2) is 28.6 Å². The van der Waals surface area contributed by atoms with Crippen LogP contribution in [0, 0.1) is 0 Å². The molecule has 84 valence electrons. The quantitative estimate of drug-likeness (QED) is 0.696. The number of carbonyl (C=O) groups excluding carboxylic acids is 1. The van der Waals surface area contributed by atoms with Gasteiger partial charge in [0.25, 0.3) is 0 Å². The highest BCUT2D eigenvalue weighted by molar-refractivity contribution is 6.06. The number of hydrogen-bond donors (Lipinski definition) is 2. The number of rotatable bonds is 0. The van der Waals surface area contributed by atoms with Crippen LogP contribution in [0.3, 0.4) is 0 Å². The van der Waals surface area contributed by atoms with Crippen molar-refractivity contribution in [2.45, 2.75) is 25.3 Å². The Balaban J connectivity index is 2.20. The van der Waals surface area contributed by atoms with Gasteiger partial charge in [-0.3, -0.25) is 4.79 Å². The Morgan fingerprint density at radius 2 is 2.12 bits per heavy atom. The first kappa shape index (κ1) is 9.51. The van der Waals surface area contributed by atoms with E-state index in [1.54, 1.807) is 6.07 Å². The van der Waals surface area contributed by atoms with Gasteiger partial charge in [-0.1, -0.05) is 0 Å². The number of anilines is 1. The molecule has 1 atom stereocenters. The monoisotopic (exact) mass is 219 g/mol. The van der Waals surface area contributed by atoms with Gasteiger partial charge >= 0.3 is 0 Å². The zero-order valence-corrected chi connectivity index (χ0v) is 8.81. The lowest BCUT2D eigenvalue weighted by Gasteiger charge is -2.33. The lowest BCUT2D eigenvalue weighted by molar-refractivity contribution is 0.0966. The molecule has 0 aliphatic carbocycles. The molecule has 0 bridgehead atoms. The number of Topliss-reactive ketones (excluding diaryl/α,β-unsaturated/α-hetero) is 1. The van der Waals surface area contributed by atoms with Gasteiger partial charge in [-0.15, -0.1) is 0 Å². The van der Waals surface area contributed by atoms with E-state index in [4.69, 9.17) is 0 Å². The second kappa shape index (κ2) is 3.14. The fourth-order valence-electron chi connectivity index (χ4n) is 2.79. The Morgan fingerprint density at radius 3 is 2.94 bits per heavy atom. The molecule has 0 spiro atoms. The summed E-state index contributed by atoms with van der Waals surface area (Å²) in [4.78, 5) is 14.0. The predicted molar refractivity (Wildman–Crippen MR) is 59.1 cm³/mol. The van der Waals surface area contributed by atoms with Gasteiger partial charge in [-0.2, -0.15) is 0 Å². The Bertz CT molecular complexity index is 470. The SMILES string of the molecule is O=C1CC2CCCN2c2cc(O)cc(O)c21. The van der Waals surface area contributed by atoms with Gasteiger partial charge in [0.15, 0.2) is 5.78 Å². The third-order valence-electron chi connectivity index (χ3n) is 3.47. The van der Waals surface area contributed by atoms with Crippen molar-refractivity contribution in [1.82, 2.24) is 0 Å². The summed E-state index contributed by atoms with van der Waals surface area (Å²) in [6.07, 6.45) is 2.56. The number of hydrogen-bond acceptors (Lipinski definition) is 4. The summed E-state index contributed by atoms with van der Waals surface area (Å²) < 4.78 is 0. The van der Waals surface area contributed by atoms with Crippen molar-refractivity contribution >= 4 is 11.5 Å². The molecule has 0 saturated carbocycles. The van der Waals surface area contributed by atoms with Gasteiger partial charge in [0.2, 0.25) is 0 Å². The van der Waals surface area contributed by atoms with E-state index >= 15 is 0 Å². The second-order valence-corrected chi connectivity index (χ2v) is 4.48. The van der Waals surface area contributed by atoms with Gasteiger partial charge in [0, 0.05) is 31.1 Å².